The molecule has 10 heteroatoms. The smallest absolute Gasteiger partial charge is 0.321 e. The van der Waals surface area contributed by atoms with Gasteiger partial charge < -0.3 is 24.8 Å². The molecule has 0 radical (unpaired) electrons. The summed E-state index contributed by atoms with van der Waals surface area (Å²) < 4.78 is 40.4. The summed E-state index contributed by atoms with van der Waals surface area (Å²) in [7, 11) is -0.747. The number of ether oxygens (including phenoxy) is 2. The Morgan fingerprint density at radius 1 is 1.12 bits per heavy atom. The van der Waals surface area contributed by atoms with Crippen molar-refractivity contribution in [3.05, 3.63) is 83.9 Å². The van der Waals surface area contributed by atoms with E-state index >= 15 is 0 Å². The highest BCUT2D eigenvalue weighted by atomic mass is 32.2. The number of fused-ring (bicyclic) bond motifs is 1. The van der Waals surface area contributed by atoms with Crippen molar-refractivity contribution in [2.45, 2.75) is 30.9 Å². The molecular weight excluding hydrogens is 542 g/mol. The maximum atomic E-state index is 13.7. The van der Waals surface area contributed by atoms with E-state index in [-0.39, 0.29) is 42.3 Å². The third kappa shape index (κ3) is 7.27. The van der Waals surface area contributed by atoms with Crippen LogP contribution in [-0.4, -0.2) is 74.8 Å². The summed E-state index contributed by atoms with van der Waals surface area (Å²) in [5.74, 6) is 0.520. The molecule has 0 bridgehead atoms. The molecule has 0 saturated heterocycles. The second-order valence-corrected chi connectivity index (χ2v) is 12.1. The first kappa shape index (κ1) is 30.1. The minimum Gasteiger partial charge on any atom is -0.497 e. The van der Waals surface area contributed by atoms with Gasteiger partial charge in [0.2, 0.25) is 10.0 Å². The van der Waals surface area contributed by atoms with Crippen molar-refractivity contribution < 1.29 is 27.8 Å². The van der Waals surface area contributed by atoms with Crippen molar-refractivity contribution in [2.24, 2.45) is 5.92 Å². The highest BCUT2D eigenvalue weighted by Gasteiger charge is 2.38. The summed E-state index contributed by atoms with van der Waals surface area (Å²) >= 11 is 0. The van der Waals surface area contributed by atoms with Crippen LogP contribution in [0.4, 0.5) is 10.5 Å². The maximum Gasteiger partial charge on any atom is 0.321 e. The van der Waals surface area contributed by atoms with Crippen molar-refractivity contribution >= 4 is 33.9 Å². The predicted octanol–water partition coefficient (Wildman–Crippen LogP) is 4.80. The van der Waals surface area contributed by atoms with Gasteiger partial charge in [-0.1, -0.05) is 61.5 Å². The highest BCUT2D eigenvalue weighted by molar-refractivity contribution is 7.89. The molecule has 0 aliphatic carbocycles. The van der Waals surface area contributed by atoms with Crippen LogP contribution in [0.2, 0.25) is 0 Å². The number of sulfonamides is 1. The van der Waals surface area contributed by atoms with Crippen molar-refractivity contribution in [3.63, 3.8) is 0 Å². The van der Waals surface area contributed by atoms with Crippen LogP contribution < -0.4 is 14.8 Å². The fourth-order valence-corrected chi connectivity index (χ4v) is 6.42. The van der Waals surface area contributed by atoms with Gasteiger partial charge >= 0.3 is 6.03 Å². The van der Waals surface area contributed by atoms with E-state index < -0.39 is 22.2 Å². The lowest BCUT2D eigenvalue weighted by molar-refractivity contribution is 0.0830. The molecule has 4 rings (SSSR count). The molecule has 1 heterocycles. The number of likely N-dealkylation sites (N-methyl/N-ethyl adjacent to an activating group) is 1. The third-order valence-corrected chi connectivity index (χ3v) is 9.10. The molecule has 0 spiro atoms. The molecule has 0 aromatic heterocycles. The molecule has 3 atom stereocenters. The monoisotopic (exact) mass is 579 g/mol. The normalized spacial score (nSPS) is 19.3. The number of hydrogen-bond donors (Lipinski definition) is 2. The van der Waals surface area contributed by atoms with Crippen LogP contribution in [-0.2, 0) is 10.0 Å². The standard InChI is InChI=1S/C31H37N3O6S/c1-22-19-34(23(2)21-35)41(37,38)30-16-15-25(14-13-24-9-6-5-7-10-24)17-28(30)40-29(22)20-33(3)31(36)32-26-11-8-12-27(18-26)39-4/h5-18,22-23,29,35H,19-21H2,1-4H3,(H,32,36)/b14-13+/t22-,23+,29+/m1/s1. The summed E-state index contributed by atoms with van der Waals surface area (Å²) in [6.07, 6.45) is 3.30. The SMILES string of the molecule is COc1cccc(NC(=O)N(C)C[C@@H]2Oc3cc(/C=C/c4ccccc4)ccc3S(=O)(=O)N([C@@H](C)CO)C[C@H]2C)c1. The number of aliphatic hydroxyl groups excluding tert-OH is 1. The van der Waals surface area contributed by atoms with E-state index in [1.165, 1.54) is 9.21 Å². The number of amides is 2. The number of methoxy groups -OCH3 is 1. The maximum absolute atomic E-state index is 13.7. The fourth-order valence-electron chi connectivity index (χ4n) is 4.59. The Balaban J connectivity index is 1.64. The largest absolute Gasteiger partial charge is 0.497 e. The van der Waals surface area contributed by atoms with E-state index in [0.717, 1.165) is 11.1 Å². The number of anilines is 1. The second-order valence-electron chi connectivity index (χ2n) is 10.2. The van der Waals surface area contributed by atoms with Crippen molar-refractivity contribution in [3.8, 4) is 11.5 Å². The summed E-state index contributed by atoms with van der Waals surface area (Å²) in [5.41, 5.74) is 2.36. The molecule has 9 nitrogen and oxygen atoms in total. The molecule has 3 aromatic rings. The third-order valence-electron chi connectivity index (χ3n) is 7.08. The Bertz CT molecular complexity index is 1480. The molecule has 0 fully saturated rings. The Morgan fingerprint density at radius 3 is 2.56 bits per heavy atom. The number of carbonyl (C=O) groups excluding carboxylic acids is 1. The van der Waals surface area contributed by atoms with E-state index in [0.29, 0.717) is 11.4 Å². The van der Waals surface area contributed by atoms with Crippen LogP contribution in [0.3, 0.4) is 0 Å². The molecule has 3 aromatic carbocycles. The van der Waals surface area contributed by atoms with Gasteiger partial charge in [-0.15, -0.1) is 0 Å². The number of nitrogens with zero attached hydrogens (tertiary/aromatic N) is 2. The lowest BCUT2D eigenvalue weighted by Gasteiger charge is -2.37. The Hall–Kier alpha value is -3.86. The quantitative estimate of drug-likeness (QED) is 0.371. The highest BCUT2D eigenvalue weighted by Crippen LogP contribution is 2.34. The number of carbonyl (C=O) groups is 1. The molecular formula is C31H37N3O6S. The van der Waals surface area contributed by atoms with E-state index in [4.69, 9.17) is 9.47 Å². The first-order valence-corrected chi connectivity index (χ1v) is 14.9. The lowest BCUT2D eigenvalue weighted by Crippen LogP contribution is -2.50. The summed E-state index contributed by atoms with van der Waals surface area (Å²) in [5, 5.41) is 12.7. The fraction of sp³-hybridized carbons (Fsp3) is 0.323. The zero-order valence-corrected chi connectivity index (χ0v) is 24.5. The molecule has 0 unspecified atom stereocenters. The van der Waals surface area contributed by atoms with Gasteiger partial charge in [-0.3, -0.25) is 0 Å². The van der Waals surface area contributed by atoms with Crippen LogP contribution in [0.25, 0.3) is 12.2 Å². The lowest BCUT2D eigenvalue weighted by atomic mass is 10.0. The summed E-state index contributed by atoms with van der Waals surface area (Å²) in [4.78, 5) is 14.6. The molecule has 218 valence electrons. The molecule has 2 N–H and O–H groups in total. The minimum atomic E-state index is -3.97. The molecule has 2 amide bonds. The molecule has 0 saturated carbocycles. The van der Waals surface area contributed by atoms with E-state index in [1.807, 2.05) is 49.4 Å². The van der Waals surface area contributed by atoms with E-state index in [9.17, 15) is 18.3 Å². The van der Waals surface area contributed by atoms with Gasteiger partial charge in [-0.05, 0) is 42.3 Å². The molecule has 1 aliphatic rings. The van der Waals surface area contributed by atoms with Crippen LogP contribution in [0.1, 0.15) is 25.0 Å². The van der Waals surface area contributed by atoms with Crippen molar-refractivity contribution in [1.82, 2.24) is 9.21 Å². The number of rotatable bonds is 8. The predicted molar refractivity (Wildman–Crippen MR) is 160 cm³/mol. The average molecular weight is 580 g/mol. The Labute approximate surface area is 242 Å². The molecule has 41 heavy (non-hydrogen) atoms. The zero-order valence-electron chi connectivity index (χ0n) is 23.7. The number of benzene rings is 3. The topological polar surface area (TPSA) is 108 Å². The Morgan fingerprint density at radius 2 is 1.85 bits per heavy atom. The van der Waals surface area contributed by atoms with Gasteiger partial charge in [0.1, 0.15) is 22.5 Å². The van der Waals surface area contributed by atoms with Gasteiger partial charge in [0.05, 0.1) is 20.3 Å². The van der Waals surface area contributed by atoms with Crippen molar-refractivity contribution in [2.75, 3.05) is 39.2 Å². The van der Waals surface area contributed by atoms with Crippen LogP contribution in [0.5, 0.6) is 11.5 Å². The minimum absolute atomic E-state index is 0.0232. The Kier molecular flexibility index (Phi) is 9.69. The van der Waals surface area contributed by atoms with Crippen LogP contribution >= 0.6 is 0 Å². The summed E-state index contributed by atoms with van der Waals surface area (Å²) in [6.45, 7) is 3.55. The number of aliphatic hydroxyl groups is 1. The van der Waals surface area contributed by atoms with Crippen molar-refractivity contribution in [1.29, 1.82) is 0 Å². The molecule has 1 aliphatic heterocycles. The second kappa shape index (κ2) is 13.2. The van der Waals surface area contributed by atoms with Gasteiger partial charge in [-0.25, -0.2) is 13.2 Å². The number of urea groups is 1. The zero-order chi connectivity index (χ0) is 29.6. The first-order chi connectivity index (χ1) is 19.6. The number of nitrogens with one attached hydrogen (secondary N) is 1. The van der Waals surface area contributed by atoms with E-state index in [1.54, 1.807) is 63.5 Å². The van der Waals surface area contributed by atoms with Crippen LogP contribution in [0, 0.1) is 5.92 Å². The van der Waals surface area contributed by atoms with Gasteiger partial charge in [-0.2, -0.15) is 4.31 Å². The average Bonchev–Trinajstić information content (AvgIpc) is 2.97. The summed E-state index contributed by atoms with van der Waals surface area (Å²) in [6, 6.07) is 20.8. The van der Waals surface area contributed by atoms with Gasteiger partial charge in [0.25, 0.3) is 0 Å². The first-order valence-electron chi connectivity index (χ1n) is 13.4. The van der Waals surface area contributed by atoms with Gasteiger partial charge in [0.15, 0.2) is 0 Å². The number of hydrogen-bond acceptors (Lipinski definition) is 6. The van der Waals surface area contributed by atoms with Crippen LogP contribution in [0.15, 0.2) is 77.7 Å². The van der Waals surface area contributed by atoms with Gasteiger partial charge in [0, 0.05) is 37.3 Å². The van der Waals surface area contributed by atoms with E-state index in [2.05, 4.69) is 5.32 Å².